The van der Waals surface area contributed by atoms with Crippen LogP contribution in [0, 0.1) is 11.6 Å². The number of rotatable bonds is 1. The van der Waals surface area contributed by atoms with Crippen LogP contribution in [0.4, 0.5) is 8.78 Å². The van der Waals surface area contributed by atoms with Crippen LogP contribution >= 0.6 is 0 Å². The van der Waals surface area contributed by atoms with Gasteiger partial charge in [0.15, 0.2) is 0 Å². The van der Waals surface area contributed by atoms with E-state index in [0.717, 1.165) is 12.1 Å². The highest BCUT2D eigenvalue weighted by Crippen LogP contribution is 2.12. The van der Waals surface area contributed by atoms with Gasteiger partial charge in [-0.2, -0.15) is 0 Å². The van der Waals surface area contributed by atoms with E-state index in [4.69, 9.17) is 5.11 Å². The first-order valence-electron chi connectivity index (χ1n) is 3.66. The summed E-state index contributed by atoms with van der Waals surface area (Å²) in [6.07, 6.45) is -0.838. The van der Waals surface area contributed by atoms with E-state index in [2.05, 4.69) is 0 Å². The van der Waals surface area contributed by atoms with Gasteiger partial charge < -0.3 is 5.11 Å². The number of benzene rings is 1. The Labute approximate surface area is 70.4 Å². The van der Waals surface area contributed by atoms with Crippen LogP contribution in [0.15, 0.2) is 12.1 Å². The van der Waals surface area contributed by atoms with Gasteiger partial charge in [0.2, 0.25) is 0 Å². The molecule has 1 aromatic rings. The normalized spacial score (nSPS) is 13.0. The van der Waals surface area contributed by atoms with E-state index in [1.807, 2.05) is 0 Å². The Hall–Kier alpha value is -0.895. The molecule has 1 nitrogen and oxygen atoms in total. The summed E-state index contributed by atoms with van der Waals surface area (Å²) in [6, 6.07) is 1.95. The second-order valence-electron chi connectivity index (χ2n) is 2.78. The van der Waals surface area contributed by atoms with Crippen molar-refractivity contribution in [3.8, 4) is 0 Å². The standard InChI is InChI=1S/C8H9BF2O/c1-4(12)6-2-5(10)3-7(11)8(6)9/h2-4,12H,9H2,1H3/t4-/m1/s1. The summed E-state index contributed by atoms with van der Waals surface area (Å²) in [5, 5.41) is 9.12. The third kappa shape index (κ3) is 1.64. The molecule has 0 amide bonds. The maximum absolute atomic E-state index is 12.8. The maximum Gasteiger partial charge on any atom is 0.143 e. The van der Waals surface area contributed by atoms with Gasteiger partial charge >= 0.3 is 0 Å². The fourth-order valence-corrected chi connectivity index (χ4v) is 1.10. The molecular weight excluding hydrogens is 161 g/mol. The molecule has 1 atom stereocenters. The van der Waals surface area contributed by atoms with E-state index >= 15 is 0 Å². The molecule has 0 fully saturated rings. The summed E-state index contributed by atoms with van der Waals surface area (Å²) in [6.45, 7) is 1.47. The quantitative estimate of drug-likeness (QED) is 0.600. The van der Waals surface area contributed by atoms with E-state index in [9.17, 15) is 8.78 Å². The van der Waals surface area contributed by atoms with Crippen molar-refractivity contribution >= 4 is 13.3 Å². The van der Waals surface area contributed by atoms with Crippen molar-refractivity contribution in [2.75, 3.05) is 0 Å². The van der Waals surface area contributed by atoms with E-state index in [1.165, 1.54) is 14.8 Å². The summed E-state index contributed by atoms with van der Waals surface area (Å²) in [5.74, 6) is -1.28. The van der Waals surface area contributed by atoms with Crippen molar-refractivity contribution in [2.45, 2.75) is 13.0 Å². The highest BCUT2D eigenvalue weighted by atomic mass is 19.1. The Balaban J connectivity index is 3.28. The van der Waals surface area contributed by atoms with Crippen LogP contribution in [0.3, 0.4) is 0 Å². The molecule has 0 aliphatic carbocycles. The van der Waals surface area contributed by atoms with Gasteiger partial charge in [0.05, 0.1) is 6.10 Å². The Morgan fingerprint density at radius 1 is 1.42 bits per heavy atom. The largest absolute Gasteiger partial charge is 0.389 e. The predicted octanol–water partition coefficient (Wildman–Crippen LogP) is 0.277. The number of hydrogen-bond donors (Lipinski definition) is 1. The van der Waals surface area contributed by atoms with E-state index in [0.29, 0.717) is 11.0 Å². The van der Waals surface area contributed by atoms with Crippen LogP contribution in [0.25, 0.3) is 0 Å². The summed E-state index contributed by atoms with van der Waals surface area (Å²) < 4.78 is 25.5. The first-order chi connectivity index (χ1) is 5.52. The summed E-state index contributed by atoms with van der Waals surface area (Å²) in [4.78, 5) is 0. The van der Waals surface area contributed by atoms with Gasteiger partial charge in [-0.25, -0.2) is 8.78 Å². The van der Waals surface area contributed by atoms with Crippen LogP contribution in [0.2, 0.25) is 0 Å². The third-order valence-corrected chi connectivity index (χ3v) is 1.80. The van der Waals surface area contributed by atoms with Crippen molar-refractivity contribution < 1.29 is 13.9 Å². The molecule has 0 saturated heterocycles. The van der Waals surface area contributed by atoms with Gasteiger partial charge in [0.25, 0.3) is 0 Å². The average molecular weight is 170 g/mol. The lowest BCUT2D eigenvalue weighted by molar-refractivity contribution is 0.199. The molecule has 1 rings (SSSR count). The fraction of sp³-hybridized carbons (Fsp3) is 0.250. The lowest BCUT2D eigenvalue weighted by atomic mass is 9.88. The van der Waals surface area contributed by atoms with Crippen LogP contribution < -0.4 is 5.46 Å². The Kier molecular flexibility index (Phi) is 2.47. The number of hydrogen-bond acceptors (Lipinski definition) is 1. The molecular formula is C8H9BF2O. The zero-order valence-corrected chi connectivity index (χ0v) is 6.94. The zero-order chi connectivity index (χ0) is 9.30. The molecule has 4 heteroatoms. The minimum Gasteiger partial charge on any atom is -0.389 e. The Morgan fingerprint density at radius 3 is 2.50 bits per heavy atom. The fourth-order valence-electron chi connectivity index (χ4n) is 1.10. The topological polar surface area (TPSA) is 20.2 Å². The SMILES string of the molecule is Bc1c(F)cc(F)cc1[C@@H](C)O. The highest BCUT2D eigenvalue weighted by Gasteiger charge is 2.10. The van der Waals surface area contributed by atoms with Crippen molar-refractivity contribution in [2.24, 2.45) is 0 Å². The van der Waals surface area contributed by atoms with Crippen LogP contribution in [0.1, 0.15) is 18.6 Å². The van der Waals surface area contributed by atoms with Gasteiger partial charge in [-0.1, -0.05) is 0 Å². The molecule has 0 heterocycles. The molecule has 1 aromatic carbocycles. The third-order valence-electron chi connectivity index (χ3n) is 1.80. The van der Waals surface area contributed by atoms with Gasteiger partial charge in [0.1, 0.15) is 19.5 Å². The van der Waals surface area contributed by atoms with E-state index in [1.54, 1.807) is 0 Å². The van der Waals surface area contributed by atoms with E-state index < -0.39 is 17.7 Å². The van der Waals surface area contributed by atoms with Crippen LogP contribution in [-0.4, -0.2) is 13.0 Å². The first-order valence-corrected chi connectivity index (χ1v) is 3.66. The van der Waals surface area contributed by atoms with Gasteiger partial charge in [0, 0.05) is 6.07 Å². The van der Waals surface area contributed by atoms with Crippen molar-refractivity contribution in [3.05, 3.63) is 29.3 Å². The molecule has 12 heavy (non-hydrogen) atoms. The molecule has 64 valence electrons. The lowest BCUT2D eigenvalue weighted by Crippen LogP contribution is -2.17. The minimum atomic E-state index is -0.838. The molecule has 0 unspecified atom stereocenters. The second-order valence-corrected chi connectivity index (χ2v) is 2.78. The number of aliphatic hydroxyl groups excluding tert-OH is 1. The van der Waals surface area contributed by atoms with Crippen molar-refractivity contribution in [1.82, 2.24) is 0 Å². The molecule has 0 radical (unpaired) electrons. The molecule has 0 bridgehead atoms. The predicted molar refractivity (Wildman–Crippen MR) is 45.2 cm³/mol. The monoisotopic (exact) mass is 170 g/mol. The lowest BCUT2D eigenvalue weighted by Gasteiger charge is -2.09. The smallest absolute Gasteiger partial charge is 0.143 e. The molecule has 1 N–H and O–H groups in total. The Morgan fingerprint density at radius 2 is 2.00 bits per heavy atom. The molecule has 0 aliphatic rings. The Bertz CT molecular complexity index is 299. The molecule has 0 aliphatic heterocycles. The zero-order valence-electron chi connectivity index (χ0n) is 6.94. The summed E-state index contributed by atoms with van der Waals surface area (Å²) in [5.41, 5.74) is 0.596. The summed E-state index contributed by atoms with van der Waals surface area (Å²) in [7, 11) is 1.51. The van der Waals surface area contributed by atoms with Gasteiger partial charge in [-0.05, 0) is 24.0 Å². The second kappa shape index (κ2) is 3.23. The maximum atomic E-state index is 12.8. The molecule has 0 spiro atoms. The van der Waals surface area contributed by atoms with E-state index in [-0.39, 0.29) is 0 Å². The first kappa shape index (κ1) is 9.19. The van der Waals surface area contributed by atoms with Crippen LogP contribution in [-0.2, 0) is 0 Å². The molecule has 0 aromatic heterocycles. The van der Waals surface area contributed by atoms with Crippen molar-refractivity contribution in [3.63, 3.8) is 0 Å². The highest BCUT2D eigenvalue weighted by molar-refractivity contribution is 6.33. The van der Waals surface area contributed by atoms with Crippen LogP contribution in [0.5, 0.6) is 0 Å². The summed E-state index contributed by atoms with van der Waals surface area (Å²) >= 11 is 0. The minimum absolute atomic E-state index is 0.298. The number of aliphatic hydroxyl groups is 1. The van der Waals surface area contributed by atoms with Gasteiger partial charge in [-0.15, -0.1) is 0 Å². The molecule has 0 saturated carbocycles. The van der Waals surface area contributed by atoms with Crippen molar-refractivity contribution in [1.29, 1.82) is 0 Å². The number of halogens is 2. The average Bonchev–Trinajstić information content (AvgIpc) is 1.96. The van der Waals surface area contributed by atoms with Gasteiger partial charge in [-0.3, -0.25) is 0 Å².